The zero-order chi connectivity index (χ0) is 14.8. The van der Waals surface area contributed by atoms with E-state index in [0.717, 1.165) is 33.4 Å². The Bertz CT molecular complexity index is 830. The van der Waals surface area contributed by atoms with Crippen LogP contribution < -0.4 is 5.32 Å². The fourth-order valence-electron chi connectivity index (χ4n) is 2.33. The van der Waals surface area contributed by atoms with E-state index in [2.05, 4.69) is 15.3 Å². The van der Waals surface area contributed by atoms with Crippen molar-refractivity contribution in [3.8, 4) is 11.1 Å². The molecule has 0 saturated heterocycles. The third-order valence-electron chi connectivity index (χ3n) is 3.33. The van der Waals surface area contributed by atoms with Crippen LogP contribution in [0.3, 0.4) is 0 Å². The van der Waals surface area contributed by atoms with Gasteiger partial charge in [-0.1, -0.05) is 23.7 Å². The van der Waals surface area contributed by atoms with Crippen molar-refractivity contribution < 1.29 is 0 Å². The number of hydrogen-bond donors (Lipinski definition) is 2. The summed E-state index contributed by atoms with van der Waals surface area (Å²) in [7, 11) is 1.84. The maximum Gasteiger partial charge on any atom is 0.0966 e. The Morgan fingerprint density at radius 1 is 1.14 bits per heavy atom. The van der Waals surface area contributed by atoms with Crippen LogP contribution in [0.4, 0.5) is 5.69 Å². The van der Waals surface area contributed by atoms with E-state index in [4.69, 9.17) is 17.0 Å². The van der Waals surface area contributed by atoms with Gasteiger partial charge in [0.2, 0.25) is 0 Å². The van der Waals surface area contributed by atoms with Crippen molar-refractivity contribution in [2.24, 2.45) is 0 Å². The number of anilines is 1. The highest BCUT2D eigenvalue weighted by Gasteiger charge is 2.09. The lowest BCUT2D eigenvalue weighted by molar-refractivity contribution is 1.29. The van der Waals surface area contributed by atoms with Gasteiger partial charge in [0, 0.05) is 47.5 Å². The molecule has 0 bridgehead atoms. The average Bonchev–Trinajstić information content (AvgIpc) is 2.53. The van der Waals surface area contributed by atoms with Gasteiger partial charge in [-0.05, 0) is 23.8 Å². The second-order valence-corrected chi connectivity index (χ2v) is 5.01. The number of fused-ring (bicyclic) bond motifs is 1. The van der Waals surface area contributed by atoms with Crippen molar-refractivity contribution in [2.45, 2.75) is 0 Å². The Balaban J connectivity index is 2.27. The van der Waals surface area contributed by atoms with Crippen molar-refractivity contribution in [1.29, 1.82) is 5.41 Å². The van der Waals surface area contributed by atoms with Crippen LogP contribution in [0.2, 0.25) is 5.02 Å². The quantitative estimate of drug-likeness (QED) is 0.718. The summed E-state index contributed by atoms with van der Waals surface area (Å²) in [4.78, 5) is 8.72. The highest BCUT2D eigenvalue weighted by atomic mass is 35.5. The van der Waals surface area contributed by atoms with Crippen molar-refractivity contribution >= 4 is 34.5 Å². The molecule has 0 radical (unpaired) electrons. The zero-order valence-electron chi connectivity index (χ0n) is 11.4. The van der Waals surface area contributed by atoms with E-state index in [1.165, 1.54) is 6.21 Å². The molecule has 0 aliphatic rings. The predicted octanol–water partition coefficient (Wildman–Crippen LogP) is 3.99. The molecule has 0 aliphatic heterocycles. The van der Waals surface area contributed by atoms with Crippen LogP contribution in [0.25, 0.3) is 22.2 Å². The summed E-state index contributed by atoms with van der Waals surface area (Å²) >= 11 is 6.19. The number of nitrogens with one attached hydrogen (secondary N) is 2. The summed E-state index contributed by atoms with van der Waals surface area (Å²) in [5.74, 6) is 0. The van der Waals surface area contributed by atoms with E-state index in [9.17, 15) is 0 Å². The fourth-order valence-corrected chi connectivity index (χ4v) is 2.54. The minimum absolute atomic E-state index is 0.625. The van der Waals surface area contributed by atoms with Crippen molar-refractivity contribution in [3.05, 3.63) is 53.3 Å². The maximum absolute atomic E-state index is 7.42. The average molecular weight is 297 g/mol. The first-order chi connectivity index (χ1) is 10.2. The van der Waals surface area contributed by atoms with Crippen LogP contribution in [-0.2, 0) is 0 Å². The summed E-state index contributed by atoms with van der Waals surface area (Å²) in [6, 6.07) is 9.54. The largest absolute Gasteiger partial charge is 0.388 e. The van der Waals surface area contributed by atoms with Crippen molar-refractivity contribution in [3.63, 3.8) is 0 Å². The first kappa shape index (κ1) is 13.5. The Labute approximate surface area is 127 Å². The summed E-state index contributed by atoms with van der Waals surface area (Å²) in [5.41, 5.74) is 5.21. The van der Waals surface area contributed by atoms with E-state index in [0.29, 0.717) is 5.02 Å². The molecule has 2 aromatic carbocycles. The van der Waals surface area contributed by atoms with Gasteiger partial charge >= 0.3 is 0 Å². The number of benzene rings is 2. The van der Waals surface area contributed by atoms with Crippen molar-refractivity contribution in [1.82, 2.24) is 9.97 Å². The van der Waals surface area contributed by atoms with Gasteiger partial charge < -0.3 is 10.7 Å². The van der Waals surface area contributed by atoms with Crippen LogP contribution in [0, 0.1) is 5.41 Å². The molecule has 0 atom stereocenters. The maximum atomic E-state index is 7.42. The molecule has 0 spiro atoms. The van der Waals surface area contributed by atoms with Crippen LogP contribution in [0.5, 0.6) is 0 Å². The number of hydrogen-bond acceptors (Lipinski definition) is 4. The molecule has 5 heteroatoms. The molecule has 0 amide bonds. The molecule has 0 unspecified atom stereocenters. The normalized spacial score (nSPS) is 10.6. The van der Waals surface area contributed by atoms with Gasteiger partial charge in [0.1, 0.15) is 0 Å². The molecule has 1 heterocycles. The molecule has 3 aromatic rings. The van der Waals surface area contributed by atoms with Gasteiger partial charge in [-0.25, -0.2) is 0 Å². The van der Waals surface area contributed by atoms with E-state index < -0.39 is 0 Å². The number of rotatable bonds is 3. The zero-order valence-corrected chi connectivity index (χ0v) is 12.1. The molecule has 0 saturated carbocycles. The van der Waals surface area contributed by atoms with Gasteiger partial charge in [0.05, 0.1) is 11.0 Å². The monoisotopic (exact) mass is 296 g/mol. The second-order valence-electron chi connectivity index (χ2n) is 4.57. The Hall–Kier alpha value is -2.46. The van der Waals surface area contributed by atoms with Gasteiger partial charge in [0.25, 0.3) is 0 Å². The standard InChI is InChI=1S/C16H13ClN4/c1-19-14-6-10(2-3-11(14)9-18)13-7-12(17)8-15-16(13)21-5-4-20-15/h2-9,18-19H,1H3. The highest BCUT2D eigenvalue weighted by molar-refractivity contribution is 6.31. The lowest BCUT2D eigenvalue weighted by atomic mass is 10.0. The van der Waals surface area contributed by atoms with Gasteiger partial charge in [-0.15, -0.1) is 0 Å². The number of halogens is 1. The lowest BCUT2D eigenvalue weighted by Crippen LogP contribution is -1.95. The minimum atomic E-state index is 0.625. The summed E-state index contributed by atoms with van der Waals surface area (Å²) < 4.78 is 0. The summed E-state index contributed by atoms with van der Waals surface area (Å²) in [6.07, 6.45) is 4.65. The fraction of sp³-hybridized carbons (Fsp3) is 0.0625. The van der Waals surface area contributed by atoms with E-state index >= 15 is 0 Å². The highest BCUT2D eigenvalue weighted by Crippen LogP contribution is 2.32. The van der Waals surface area contributed by atoms with Crippen molar-refractivity contribution in [2.75, 3.05) is 12.4 Å². The molecule has 0 fully saturated rings. The Morgan fingerprint density at radius 2 is 1.95 bits per heavy atom. The third-order valence-corrected chi connectivity index (χ3v) is 3.55. The Morgan fingerprint density at radius 3 is 2.71 bits per heavy atom. The first-order valence-electron chi connectivity index (χ1n) is 6.46. The molecule has 0 aliphatic carbocycles. The van der Waals surface area contributed by atoms with Gasteiger partial charge in [0.15, 0.2) is 0 Å². The van der Waals surface area contributed by atoms with Gasteiger partial charge in [-0.3, -0.25) is 9.97 Å². The summed E-state index contributed by atoms with van der Waals surface area (Å²) in [5, 5.41) is 11.1. The number of nitrogens with zero attached hydrogens (tertiary/aromatic N) is 2. The molecular formula is C16H13ClN4. The lowest BCUT2D eigenvalue weighted by Gasteiger charge is -2.10. The third kappa shape index (κ3) is 2.45. The van der Waals surface area contributed by atoms with E-state index in [1.54, 1.807) is 18.5 Å². The van der Waals surface area contributed by atoms with E-state index in [1.807, 2.05) is 31.3 Å². The topological polar surface area (TPSA) is 61.7 Å². The van der Waals surface area contributed by atoms with Crippen LogP contribution in [-0.4, -0.2) is 23.2 Å². The molecular weight excluding hydrogens is 284 g/mol. The Kier molecular flexibility index (Phi) is 3.54. The second kappa shape index (κ2) is 5.50. The predicted molar refractivity (Wildman–Crippen MR) is 87.4 cm³/mol. The molecule has 1 aromatic heterocycles. The summed E-state index contributed by atoms with van der Waals surface area (Å²) in [6.45, 7) is 0. The smallest absolute Gasteiger partial charge is 0.0966 e. The van der Waals surface area contributed by atoms with Gasteiger partial charge in [-0.2, -0.15) is 0 Å². The first-order valence-corrected chi connectivity index (χ1v) is 6.83. The molecule has 3 rings (SSSR count). The van der Waals surface area contributed by atoms with Crippen LogP contribution >= 0.6 is 11.6 Å². The van der Waals surface area contributed by atoms with Crippen LogP contribution in [0.15, 0.2) is 42.7 Å². The number of aromatic nitrogens is 2. The molecule has 4 nitrogen and oxygen atoms in total. The SMILES string of the molecule is CNc1cc(-c2cc(Cl)cc3nccnc23)ccc1C=N. The van der Waals surface area contributed by atoms with Crippen LogP contribution in [0.1, 0.15) is 5.56 Å². The molecule has 2 N–H and O–H groups in total. The minimum Gasteiger partial charge on any atom is -0.388 e. The molecule has 104 valence electrons. The van der Waals surface area contributed by atoms with E-state index in [-0.39, 0.29) is 0 Å². The molecule has 21 heavy (non-hydrogen) atoms.